The van der Waals surface area contributed by atoms with Crippen molar-refractivity contribution in [3.8, 4) is 5.75 Å². The fourth-order valence-corrected chi connectivity index (χ4v) is 2.90. The van der Waals surface area contributed by atoms with Gasteiger partial charge in [0.05, 0.1) is 25.3 Å². The Bertz CT molecular complexity index is 955. The second kappa shape index (κ2) is 5.31. The molecule has 6 nitrogen and oxygen atoms in total. The van der Waals surface area contributed by atoms with Gasteiger partial charge in [0.1, 0.15) is 5.56 Å². The number of hydrogen-bond acceptors (Lipinski definition) is 5. The molecule has 0 aliphatic carbocycles. The number of para-hydroxylation sites is 1. The van der Waals surface area contributed by atoms with Crippen molar-refractivity contribution in [3.05, 3.63) is 41.5 Å². The van der Waals surface area contributed by atoms with Crippen LogP contribution in [0.4, 0.5) is 0 Å². The molecule has 0 atom stereocenters. The number of carbonyl (C=O) groups excluding carboxylic acids is 2. The largest absolute Gasteiger partial charge is 0.505 e. The number of rotatable bonds is 2. The smallest absolute Gasteiger partial charge is 0.342 e. The number of fused-ring (bicyclic) bond motifs is 3. The Kier molecular flexibility index (Phi) is 3.44. The van der Waals surface area contributed by atoms with Gasteiger partial charge in [-0.25, -0.2) is 9.59 Å². The topological polar surface area (TPSA) is 77.8 Å². The second-order valence-electron chi connectivity index (χ2n) is 5.10. The summed E-state index contributed by atoms with van der Waals surface area (Å²) in [5, 5.41) is 12.2. The average molecular weight is 313 g/mol. The normalized spacial score (nSPS) is 10.9. The third-order valence-corrected chi connectivity index (χ3v) is 3.96. The second-order valence-corrected chi connectivity index (χ2v) is 5.10. The molecule has 0 fully saturated rings. The molecule has 118 valence electrons. The van der Waals surface area contributed by atoms with Crippen LogP contribution in [0.15, 0.2) is 30.3 Å². The highest BCUT2D eigenvalue weighted by atomic mass is 16.5. The third-order valence-electron chi connectivity index (χ3n) is 3.96. The highest BCUT2D eigenvalue weighted by Gasteiger charge is 2.27. The lowest BCUT2D eigenvalue weighted by atomic mass is 10.0. The first-order valence-electron chi connectivity index (χ1n) is 6.91. The fourth-order valence-electron chi connectivity index (χ4n) is 2.90. The summed E-state index contributed by atoms with van der Waals surface area (Å²) < 4.78 is 11.2. The average Bonchev–Trinajstić information content (AvgIpc) is 2.86. The van der Waals surface area contributed by atoms with Gasteiger partial charge in [0.15, 0.2) is 5.75 Å². The van der Waals surface area contributed by atoms with Crippen LogP contribution in [0.1, 0.15) is 20.7 Å². The first kappa shape index (κ1) is 14.9. The fraction of sp³-hybridized carbons (Fsp3) is 0.176. The van der Waals surface area contributed by atoms with Crippen molar-refractivity contribution in [1.82, 2.24) is 4.57 Å². The van der Waals surface area contributed by atoms with Gasteiger partial charge < -0.3 is 19.1 Å². The maximum atomic E-state index is 12.0. The monoisotopic (exact) mass is 313 g/mol. The molecule has 1 heterocycles. The van der Waals surface area contributed by atoms with E-state index in [1.165, 1.54) is 14.2 Å². The van der Waals surface area contributed by atoms with Gasteiger partial charge in [0.2, 0.25) is 0 Å². The number of hydrogen-bond donors (Lipinski definition) is 1. The molecular weight excluding hydrogens is 298 g/mol. The molecule has 0 saturated heterocycles. The summed E-state index contributed by atoms with van der Waals surface area (Å²) in [5.41, 5.74) is 1.10. The Morgan fingerprint density at radius 2 is 1.70 bits per heavy atom. The van der Waals surface area contributed by atoms with E-state index in [4.69, 9.17) is 9.47 Å². The van der Waals surface area contributed by atoms with E-state index in [0.717, 1.165) is 10.9 Å². The molecule has 0 unspecified atom stereocenters. The molecule has 0 aliphatic rings. The number of benzene rings is 2. The van der Waals surface area contributed by atoms with Crippen LogP contribution < -0.4 is 0 Å². The number of esters is 2. The lowest BCUT2D eigenvalue weighted by Gasteiger charge is -2.10. The van der Waals surface area contributed by atoms with Gasteiger partial charge in [0, 0.05) is 23.3 Å². The minimum atomic E-state index is -0.796. The number of methoxy groups -OCH3 is 2. The maximum Gasteiger partial charge on any atom is 0.342 e. The molecule has 23 heavy (non-hydrogen) atoms. The summed E-state index contributed by atoms with van der Waals surface area (Å²) in [6, 6.07) is 9.07. The van der Waals surface area contributed by atoms with Crippen LogP contribution in [-0.4, -0.2) is 35.8 Å². The molecule has 0 bridgehead atoms. The van der Waals surface area contributed by atoms with Crippen molar-refractivity contribution in [2.24, 2.45) is 7.05 Å². The number of aromatic nitrogens is 1. The summed E-state index contributed by atoms with van der Waals surface area (Å²) in [6.45, 7) is 0. The molecule has 3 aromatic rings. The minimum absolute atomic E-state index is 0.0271. The molecule has 0 spiro atoms. The standard InChI is InChI=1S/C17H15NO5/c1-18-12-7-5-4-6-9(12)10-8-11(16(20)22-2)13(17(21)23-3)15(19)14(10)18/h4-8,19H,1-3H3. The Labute approximate surface area is 131 Å². The number of aryl methyl sites for hydroxylation is 1. The lowest BCUT2D eigenvalue weighted by Crippen LogP contribution is -2.12. The van der Waals surface area contributed by atoms with Crippen molar-refractivity contribution in [3.63, 3.8) is 0 Å². The Morgan fingerprint density at radius 1 is 1.04 bits per heavy atom. The zero-order valence-corrected chi connectivity index (χ0v) is 12.9. The lowest BCUT2D eigenvalue weighted by molar-refractivity contribution is 0.0552. The number of nitrogens with zero attached hydrogens (tertiary/aromatic N) is 1. The predicted molar refractivity (Wildman–Crippen MR) is 84.8 cm³/mol. The van der Waals surface area contributed by atoms with Crippen molar-refractivity contribution in [2.75, 3.05) is 14.2 Å². The molecule has 3 rings (SSSR count). The van der Waals surface area contributed by atoms with Crippen molar-refractivity contribution in [2.45, 2.75) is 0 Å². The SMILES string of the molecule is COC(=O)c1cc2c3ccccc3n(C)c2c(O)c1C(=O)OC. The van der Waals surface area contributed by atoms with Gasteiger partial charge in [-0.3, -0.25) is 0 Å². The van der Waals surface area contributed by atoms with Crippen LogP contribution >= 0.6 is 0 Å². The van der Waals surface area contributed by atoms with Gasteiger partial charge in [-0.15, -0.1) is 0 Å². The van der Waals surface area contributed by atoms with Crippen LogP contribution in [0.5, 0.6) is 5.75 Å². The summed E-state index contributed by atoms with van der Waals surface area (Å²) >= 11 is 0. The van der Waals surface area contributed by atoms with Gasteiger partial charge in [-0.1, -0.05) is 18.2 Å². The molecule has 1 N–H and O–H groups in total. The van der Waals surface area contributed by atoms with Crippen molar-refractivity contribution < 1.29 is 24.2 Å². The van der Waals surface area contributed by atoms with E-state index in [1.54, 1.807) is 17.7 Å². The van der Waals surface area contributed by atoms with E-state index in [9.17, 15) is 14.7 Å². The first-order valence-corrected chi connectivity index (χ1v) is 6.91. The van der Waals surface area contributed by atoms with Crippen molar-refractivity contribution in [1.29, 1.82) is 0 Å². The molecule has 0 radical (unpaired) electrons. The zero-order valence-electron chi connectivity index (χ0n) is 12.9. The molecule has 6 heteroatoms. The summed E-state index contributed by atoms with van der Waals surface area (Å²) in [6.07, 6.45) is 0. The predicted octanol–water partition coefficient (Wildman–Crippen LogP) is 2.61. The Hall–Kier alpha value is -3.02. The highest BCUT2D eigenvalue weighted by molar-refractivity contribution is 6.17. The van der Waals surface area contributed by atoms with Crippen LogP contribution in [0, 0.1) is 0 Å². The van der Waals surface area contributed by atoms with E-state index in [1.807, 2.05) is 24.3 Å². The number of carbonyl (C=O) groups is 2. The minimum Gasteiger partial charge on any atom is -0.505 e. The summed E-state index contributed by atoms with van der Waals surface area (Å²) in [4.78, 5) is 24.1. The summed E-state index contributed by atoms with van der Waals surface area (Å²) in [7, 11) is 4.19. The van der Waals surface area contributed by atoms with E-state index in [0.29, 0.717) is 10.9 Å². The van der Waals surface area contributed by atoms with E-state index in [-0.39, 0.29) is 16.9 Å². The van der Waals surface area contributed by atoms with Crippen LogP contribution in [0.3, 0.4) is 0 Å². The Balaban J connectivity index is 2.53. The molecule has 0 amide bonds. The number of ether oxygens (including phenoxy) is 2. The molecule has 1 aromatic heterocycles. The van der Waals surface area contributed by atoms with E-state index >= 15 is 0 Å². The zero-order chi connectivity index (χ0) is 16.7. The van der Waals surface area contributed by atoms with Gasteiger partial charge in [0.25, 0.3) is 0 Å². The first-order chi connectivity index (χ1) is 11.0. The van der Waals surface area contributed by atoms with Crippen molar-refractivity contribution >= 4 is 33.7 Å². The third kappa shape index (κ3) is 2.03. The highest BCUT2D eigenvalue weighted by Crippen LogP contribution is 2.38. The molecule has 0 aliphatic heterocycles. The van der Waals surface area contributed by atoms with Crippen LogP contribution in [0.25, 0.3) is 21.8 Å². The maximum absolute atomic E-state index is 12.0. The van der Waals surface area contributed by atoms with Gasteiger partial charge >= 0.3 is 11.9 Å². The quantitative estimate of drug-likeness (QED) is 0.736. The molecular formula is C17H15NO5. The van der Waals surface area contributed by atoms with E-state index < -0.39 is 11.9 Å². The van der Waals surface area contributed by atoms with Gasteiger partial charge in [-0.2, -0.15) is 0 Å². The number of phenolic OH excluding ortho intramolecular Hbond substituents is 1. The number of aromatic hydroxyl groups is 1. The van der Waals surface area contributed by atoms with Crippen LogP contribution in [-0.2, 0) is 16.5 Å². The molecule has 0 saturated carbocycles. The van der Waals surface area contributed by atoms with Gasteiger partial charge in [-0.05, 0) is 12.1 Å². The number of phenols is 1. The van der Waals surface area contributed by atoms with Crippen LogP contribution in [0.2, 0.25) is 0 Å². The summed E-state index contributed by atoms with van der Waals surface area (Å²) in [5.74, 6) is -1.81. The van der Waals surface area contributed by atoms with E-state index in [2.05, 4.69) is 0 Å². The molecule has 2 aromatic carbocycles. The Morgan fingerprint density at radius 3 is 2.35 bits per heavy atom.